The van der Waals surface area contributed by atoms with Gasteiger partial charge in [0.1, 0.15) is 17.8 Å². The van der Waals surface area contributed by atoms with E-state index >= 15 is 0 Å². The SMILES string of the molecule is CCCC(=O)N[C@H](C)C(=O)NC[C@H]1c2c(c(OC(C)=O)c(C)c3c2OCO3)CC2[C@H]3c4c(cc(C)c(OC)c4O)C[C@@H]([C@H](C#N)N21)N3C. The quantitative estimate of drug-likeness (QED) is 0.282. The number of carbonyl (C=O) groups excluding carboxylic acids is 3. The first-order valence-corrected chi connectivity index (χ1v) is 16.4. The van der Waals surface area contributed by atoms with Crippen molar-refractivity contribution in [1.29, 1.82) is 5.26 Å². The van der Waals surface area contributed by atoms with Gasteiger partial charge in [-0.05, 0) is 58.2 Å². The van der Waals surface area contributed by atoms with Crippen LogP contribution in [0.2, 0.25) is 0 Å². The third-order valence-electron chi connectivity index (χ3n) is 10.2. The molecule has 3 N–H and O–H groups in total. The molecule has 2 aromatic rings. The number of nitriles is 1. The highest BCUT2D eigenvalue weighted by atomic mass is 16.7. The van der Waals surface area contributed by atoms with Crippen LogP contribution in [0.25, 0.3) is 0 Å². The van der Waals surface area contributed by atoms with E-state index in [2.05, 4.69) is 26.5 Å². The maximum absolute atomic E-state index is 13.4. The molecule has 4 aliphatic heterocycles. The Hall–Kier alpha value is -4.54. The number of carbonyl (C=O) groups is 3. The summed E-state index contributed by atoms with van der Waals surface area (Å²) >= 11 is 0. The number of nitrogens with one attached hydrogen (secondary N) is 2. The summed E-state index contributed by atoms with van der Waals surface area (Å²) in [6, 6.07) is 1.54. The first-order valence-electron chi connectivity index (χ1n) is 16.4. The van der Waals surface area contributed by atoms with Gasteiger partial charge in [0.2, 0.25) is 18.6 Å². The Kier molecular flexibility index (Phi) is 8.91. The van der Waals surface area contributed by atoms with Crippen LogP contribution in [0.15, 0.2) is 6.07 Å². The number of amides is 2. The zero-order valence-electron chi connectivity index (χ0n) is 28.4. The number of aryl methyl sites for hydroxylation is 1. The van der Waals surface area contributed by atoms with Crippen LogP contribution in [-0.4, -0.2) is 84.4 Å². The lowest BCUT2D eigenvalue weighted by Crippen LogP contribution is -2.69. The van der Waals surface area contributed by atoms with Crippen LogP contribution in [0.1, 0.15) is 79.1 Å². The van der Waals surface area contributed by atoms with Gasteiger partial charge < -0.3 is 34.7 Å². The van der Waals surface area contributed by atoms with Gasteiger partial charge in [0.05, 0.1) is 25.3 Å². The number of nitrogens with zero attached hydrogens (tertiary/aromatic N) is 3. The van der Waals surface area contributed by atoms with E-state index in [0.29, 0.717) is 65.4 Å². The van der Waals surface area contributed by atoms with E-state index in [1.165, 1.54) is 14.0 Å². The Morgan fingerprint density at radius 2 is 1.88 bits per heavy atom. The molecule has 4 aliphatic rings. The normalized spacial score (nSPS) is 24.3. The number of ether oxygens (including phenoxy) is 4. The lowest BCUT2D eigenvalue weighted by atomic mass is 9.71. The molecule has 13 nitrogen and oxygen atoms in total. The summed E-state index contributed by atoms with van der Waals surface area (Å²) < 4.78 is 23.5. The van der Waals surface area contributed by atoms with Gasteiger partial charge in [0, 0.05) is 54.2 Å². The van der Waals surface area contributed by atoms with Gasteiger partial charge in [-0.15, -0.1) is 0 Å². The molecule has 4 heterocycles. The van der Waals surface area contributed by atoms with Crippen molar-refractivity contribution in [3.05, 3.63) is 39.4 Å². The Balaban J connectivity index is 1.52. The lowest BCUT2D eigenvalue weighted by Gasteiger charge is -2.60. The van der Waals surface area contributed by atoms with Gasteiger partial charge in [0.25, 0.3) is 0 Å². The molecule has 1 saturated heterocycles. The number of benzene rings is 2. The van der Waals surface area contributed by atoms with Gasteiger partial charge in [0.15, 0.2) is 23.0 Å². The molecule has 0 aliphatic carbocycles. The molecule has 0 spiro atoms. The monoisotopic (exact) mass is 661 g/mol. The molecule has 13 heteroatoms. The molecule has 0 aromatic heterocycles. The third-order valence-corrected chi connectivity index (χ3v) is 10.2. The van der Waals surface area contributed by atoms with E-state index in [1.54, 1.807) is 6.92 Å². The second-order valence-electron chi connectivity index (χ2n) is 13.1. The van der Waals surface area contributed by atoms with E-state index in [9.17, 15) is 24.8 Å². The number of phenols is 1. The van der Waals surface area contributed by atoms with Crippen molar-refractivity contribution in [3.63, 3.8) is 0 Å². The van der Waals surface area contributed by atoms with Gasteiger partial charge in [-0.3, -0.25) is 24.2 Å². The summed E-state index contributed by atoms with van der Waals surface area (Å²) in [4.78, 5) is 42.5. The fraction of sp³-hybridized carbons (Fsp3) is 0.543. The van der Waals surface area contributed by atoms with Crippen molar-refractivity contribution in [2.24, 2.45) is 0 Å². The van der Waals surface area contributed by atoms with Gasteiger partial charge in [-0.1, -0.05) is 13.0 Å². The molecule has 2 aromatic carbocycles. The third kappa shape index (κ3) is 5.27. The van der Waals surface area contributed by atoms with Crippen molar-refractivity contribution in [2.75, 3.05) is 27.5 Å². The topological polar surface area (TPSA) is 163 Å². The second kappa shape index (κ2) is 12.8. The summed E-state index contributed by atoms with van der Waals surface area (Å²) in [7, 11) is 3.50. The number of hydrogen-bond donors (Lipinski definition) is 3. The van der Waals surface area contributed by atoms with Crippen LogP contribution < -0.4 is 29.6 Å². The number of rotatable bonds is 8. The van der Waals surface area contributed by atoms with Crippen LogP contribution in [0, 0.1) is 25.2 Å². The highest BCUT2D eigenvalue weighted by molar-refractivity contribution is 5.87. The number of phenolic OH excluding ortho intramolecular Hbond substituents is 1. The standard InChI is InChI=1S/C35H43N5O8/c1-8-9-26(42)38-18(4)35(44)37-14-25-28-21(32(48-19(5)41)17(3)33-34(28)47-15-46-33)12-23-29-27-20(10-16(2)31(45-7)30(27)43)11-22(39(29)6)24(13-36)40(23)25/h10,18,22-25,29,43H,8-9,11-12,14-15H2,1-7H3,(H,37,44)(H,38,42)/t18-,22+,23?,24+,25+,29+/m1/s1. The number of piperazine rings is 1. The van der Waals surface area contributed by atoms with Crippen LogP contribution in [0.5, 0.6) is 28.7 Å². The maximum Gasteiger partial charge on any atom is 0.308 e. The number of methoxy groups -OCH3 is 1. The largest absolute Gasteiger partial charge is 0.504 e. The Morgan fingerprint density at radius 1 is 1.15 bits per heavy atom. The molecule has 2 bridgehead atoms. The zero-order chi connectivity index (χ0) is 34.6. The number of esters is 1. The first kappa shape index (κ1) is 33.4. The Morgan fingerprint density at radius 3 is 2.54 bits per heavy atom. The molecule has 6 atom stereocenters. The van der Waals surface area contributed by atoms with E-state index in [-0.39, 0.29) is 43.0 Å². The fourth-order valence-corrected chi connectivity index (χ4v) is 8.27. The predicted molar refractivity (Wildman–Crippen MR) is 173 cm³/mol. The van der Waals surface area contributed by atoms with Crippen LogP contribution in [-0.2, 0) is 27.2 Å². The van der Waals surface area contributed by atoms with Gasteiger partial charge >= 0.3 is 5.97 Å². The van der Waals surface area contributed by atoms with Crippen molar-refractivity contribution < 1.29 is 38.4 Å². The summed E-state index contributed by atoms with van der Waals surface area (Å²) in [6.45, 7) is 8.59. The molecule has 6 rings (SSSR count). The smallest absolute Gasteiger partial charge is 0.308 e. The zero-order valence-corrected chi connectivity index (χ0v) is 28.4. The van der Waals surface area contributed by atoms with Crippen molar-refractivity contribution in [1.82, 2.24) is 20.4 Å². The van der Waals surface area contributed by atoms with Crippen LogP contribution in [0.4, 0.5) is 0 Å². The minimum absolute atomic E-state index is 0.0365. The molecule has 2 amide bonds. The number of likely N-dealkylation sites (N-methyl/N-ethyl adjacent to an activating group) is 1. The van der Waals surface area contributed by atoms with E-state index in [0.717, 1.165) is 16.7 Å². The van der Waals surface area contributed by atoms with Gasteiger partial charge in [-0.25, -0.2) is 0 Å². The number of fused-ring (bicyclic) bond motifs is 9. The number of aromatic hydroxyl groups is 1. The molecular formula is C35H43N5O8. The second-order valence-corrected chi connectivity index (χ2v) is 13.1. The molecule has 0 radical (unpaired) electrons. The first-order chi connectivity index (χ1) is 22.9. The molecule has 256 valence electrons. The molecular weight excluding hydrogens is 618 g/mol. The van der Waals surface area contributed by atoms with Crippen molar-refractivity contribution in [2.45, 2.75) is 96.6 Å². The van der Waals surface area contributed by atoms with E-state index in [1.807, 2.05) is 33.9 Å². The maximum atomic E-state index is 13.4. The van der Waals surface area contributed by atoms with Crippen molar-refractivity contribution in [3.8, 4) is 34.8 Å². The highest BCUT2D eigenvalue weighted by Gasteiger charge is 2.57. The lowest BCUT2D eigenvalue weighted by molar-refractivity contribution is -0.132. The minimum atomic E-state index is -0.791. The highest BCUT2D eigenvalue weighted by Crippen LogP contribution is 2.58. The van der Waals surface area contributed by atoms with E-state index < -0.39 is 30.1 Å². The summed E-state index contributed by atoms with van der Waals surface area (Å²) in [5.74, 6) is 0.662. The average molecular weight is 662 g/mol. The minimum Gasteiger partial charge on any atom is -0.504 e. The van der Waals surface area contributed by atoms with Crippen molar-refractivity contribution >= 4 is 17.8 Å². The van der Waals surface area contributed by atoms with Crippen LogP contribution >= 0.6 is 0 Å². The molecule has 0 saturated carbocycles. The Labute approximate surface area is 280 Å². The fourth-order valence-electron chi connectivity index (χ4n) is 8.27. The van der Waals surface area contributed by atoms with E-state index in [4.69, 9.17) is 18.9 Å². The predicted octanol–water partition coefficient (Wildman–Crippen LogP) is 2.86. The van der Waals surface area contributed by atoms with Crippen LogP contribution in [0.3, 0.4) is 0 Å². The van der Waals surface area contributed by atoms with Gasteiger partial charge in [-0.2, -0.15) is 5.26 Å². The average Bonchev–Trinajstić information content (AvgIpc) is 3.52. The summed E-state index contributed by atoms with van der Waals surface area (Å²) in [6.07, 6.45) is 1.82. The molecule has 1 unspecified atom stereocenters. The molecule has 1 fully saturated rings. The summed E-state index contributed by atoms with van der Waals surface area (Å²) in [5.41, 5.74) is 4.49. The molecule has 48 heavy (non-hydrogen) atoms. The Bertz CT molecular complexity index is 1720. The number of hydrogen-bond acceptors (Lipinski definition) is 11. The summed E-state index contributed by atoms with van der Waals surface area (Å²) in [5, 5.41) is 28.3.